The van der Waals surface area contributed by atoms with Gasteiger partial charge in [0.1, 0.15) is 0 Å². The van der Waals surface area contributed by atoms with Crippen LogP contribution in [0.1, 0.15) is 47.0 Å². The van der Waals surface area contributed by atoms with Crippen LogP contribution < -0.4 is 0 Å². The summed E-state index contributed by atoms with van der Waals surface area (Å²) in [6, 6.07) is 0. The zero-order valence-corrected chi connectivity index (χ0v) is 7.78. The Kier molecular flexibility index (Phi) is 4.42. The van der Waals surface area contributed by atoms with Crippen molar-refractivity contribution in [2.75, 3.05) is 0 Å². The first-order chi connectivity index (χ1) is 4.71. The lowest BCUT2D eigenvalue weighted by molar-refractivity contribution is 0.331. The molecule has 0 bridgehead atoms. The minimum atomic E-state index is 0.592. The molecule has 0 aromatic carbocycles. The van der Waals surface area contributed by atoms with Crippen molar-refractivity contribution in [2.24, 2.45) is 5.41 Å². The number of allylic oxidation sites excluding steroid dienone is 2. The van der Waals surface area contributed by atoms with E-state index >= 15 is 0 Å². The Hall–Kier alpha value is -0.260. The largest absolute Gasteiger partial charge is 0.0885 e. The molecule has 0 spiro atoms. The second-order valence-corrected chi connectivity index (χ2v) is 3.38. The molecule has 0 aromatic heterocycles. The lowest BCUT2D eigenvalue weighted by Crippen LogP contribution is -2.11. The standard InChI is InChI=1S/C8H14.C2H6/c1-8(2)6-4-3-5-7-8;1-2/h3-4H,5-7H2,1-2H3;1-2H3. The van der Waals surface area contributed by atoms with E-state index in [1.165, 1.54) is 19.3 Å². The number of hydrogen-bond acceptors (Lipinski definition) is 0. The molecule has 0 fully saturated rings. The van der Waals surface area contributed by atoms with Gasteiger partial charge in [0.05, 0.1) is 0 Å². The summed E-state index contributed by atoms with van der Waals surface area (Å²) in [6.45, 7) is 8.66. The molecule has 1 aliphatic carbocycles. The van der Waals surface area contributed by atoms with Gasteiger partial charge in [-0.25, -0.2) is 0 Å². The third-order valence-electron chi connectivity index (χ3n) is 1.82. The highest BCUT2D eigenvalue weighted by Gasteiger charge is 2.16. The van der Waals surface area contributed by atoms with Crippen molar-refractivity contribution >= 4 is 0 Å². The van der Waals surface area contributed by atoms with Crippen LogP contribution in [0.3, 0.4) is 0 Å². The second kappa shape index (κ2) is 4.54. The predicted molar refractivity (Wildman–Crippen MR) is 48.1 cm³/mol. The Morgan fingerprint density at radius 3 is 1.90 bits per heavy atom. The van der Waals surface area contributed by atoms with Crippen LogP contribution in [0.15, 0.2) is 12.2 Å². The van der Waals surface area contributed by atoms with Gasteiger partial charge < -0.3 is 0 Å². The molecule has 0 N–H and O–H groups in total. The fourth-order valence-corrected chi connectivity index (χ4v) is 1.10. The van der Waals surface area contributed by atoms with Crippen molar-refractivity contribution in [1.29, 1.82) is 0 Å². The quantitative estimate of drug-likeness (QED) is 0.449. The fraction of sp³-hybridized carbons (Fsp3) is 0.800. The molecule has 1 aliphatic rings. The van der Waals surface area contributed by atoms with Gasteiger partial charge in [-0.05, 0) is 24.7 Å². The van der Waals surface area contributed by atoms with Gasteiger partial charge in [0, 0.05) is 0 Å². The summed E-state index contributed by atoms with van der Waals surface area (Å²) in [5.74, 6) is 0. The van der Waals surface area contributed by atoms with Gasteiger partial charge in [-0.15, -0.1) is 0 Å². The minimum absolute atomic E-state index is 0.592. The highest BCUT2D eigenvalue weighted by molar-refractivity contribution is 4.93. The van der Waals surface area contributed by atoms with Gasteiger partial charge in [-0.2, -0.15) is 0 Å². The van der Waals surface area contributed by atoms with Crippen LogP contribution in [-0.2, 0) is 0 Å². The van der Waals surface area contributed by atoms with Gasteiger partial charge in [0.15, 0.2) is 0 Å². The molecule has 10 heavy (non-hydrogen) atoms. The molecule has 0 heterocycles. The average molecular weight is 140 g/mol. The Labute approximate surface area is 65.3 Å². The smallest absolute Gasteiger partial charge is 0.0299 e. The fourth-order valence-electron chi connectivity index (χ4n) is 1.10. The van der Waals surface area contributed by atoms with Crippen molar-refractivity contribution in [2.45, 2.75) is 47.0 Å². The molecule has 0 nitrogen and oxygen atoms in total. The average Bonchev–Trinajstić information content (AvgIpc) is 1.92. The predicted octanol–water partition coefficient (Wildman–Crippen LogP) is 3.78. The molecule has 0 aromatic rings. The van der Waals surface area contributed by atoms with Crippen molar-refractivity contribution < 1.29 is 0 Å². The van der Waals surface area contributed by atoms with Gasteiger partial charge in [0.25, 0.3) is 0 Å². The van der Waals surface area contributed by atoms with Crippen molar-refractivity contribution in [3.63, 3.8) is 0 Å². The third kappa shape index (κ3) is 3.71. The van der Waals surface area contributed by atoms with Crippen LogP contribution in [0.2, 0.25) is 0 Å². The Balaban J connectivity index is 0.000000371. The molecule has 0 radical (unpaired) electrons. The Bertz CT molecular complexity index is 98.6. The van der Waals surface area contributed by atoms with Crippen molar-refractivity contribution in [3.8, 4) is 0 Å². The maximum atomic E-state index is 2.33. The van der Waals surface area contributed by atoms with Crippen LogP contribution in [0, 0.1) is 5.41 Å². The van der Waals surface area contributed by atoms with E-state index in [0.717, 1.165) is 0 Å². The van der Waals surface area contributed by atoms with Crippen molar-refractivity contribution in [1.82, 2.24) is 0 Å². The molecule has 0 atom stereocenters. The van der Waals surface area contributed by atoms with Gasteiger partial charge in [0.2, 0.25) is 0 Å². The first-order valence-electron chi connectivity index (χ1n) is 4.36. The molecule has 0 aliphatic heterocycles. The normalized spacial score (nSPS) is 21.2. The van der Waals surface area contributed by atoms with E-state index in [2.05, 4.69) is 26.0 Å². The summed E-state index contributed by atoms with van der Waals surface area (Å²) in [5, 5.41) is 0. The number of rotatable bonds is 0. The zero-order chi connectivity index (χ0) is 8.04. The highest BCUT2D eigenvalue weighted by atomic mass is 14.2. The lowest BCUT2D eigenvalue weighted by Gasteiger charge is -2.24. The molecule has 0 saturated carbocycles. The Morgan fingerprint density at radius 1 is 1.10 bits per heavy atom. The Morgan fingerprint density at radius 2 is 1.70 bits per heavy atom. The molecule has 0 heteroatoms. The molecule has 0 amide bonds. The maximum Gasteiger partial charge on any atom is -0.0299 e. The van der Waals surface area contributed by atoms with E-state index in [-0.39, 0.29) is 0 Å². The first-order valence-corrected chi connectivity index (χ1v) is 4.36. The van der Waals surface area contributed by atoms with E-state index in [1.807, 2.05) is 13.8 Å². The van der Waals surface area contributed by atoms with Crippen LogP contribution in [0.25, 0.3) is 0 Å². The van der Waals surface area contributed by atoms with E-state index in [9.17, 15) is 0 Å². The molecule has 0 saturated heterocycles. The first kappa shape index (κ1) is 9.74. The third-order valence-corrected chi connectivity index (χ3v) is 1.82. The van der Waals surface area contributed by atoms with Crippen LogP contribution in [-0.4, -0.2) is 0 Å². The molecule has 1 rings (SSSR count). The van der Waals surface area contributed by atoms with Gasteiger partial charge >= 0.3 is 0 Å². The summed E-state index contributed by atoms with van der Waals surface area (Å²) in [4.78, 5) is 0. The SMILES string of the molecule is CC.CC1(C)CC=CCC1. The molecule has 60 valence electrons. The second-order valence-electron chi connectivity index (χ2n) is 3.38. The van der Waals surface area contributed by atoms with E-state index < -0.39 is 0 Å². The summed E-state index contributed by atoms with van der Waals surface area (Å²) < 4.78 is 0. The minimum Gasteiger partial charge on any atom is -0.0885 e. The number of hydrogen-bond donors (Lipinski definition) is 0. The summed E-state index contributed by atoms with van der Waals surface area (Å²) >= 11 is 0. The monoisotopic (exact) mass is 140 g/mol. The maximum absolute atomic E-state index is 2.33. The summed E-state index contributed by atoms with van der Waals surface area (Å²) in [6.07, 6.45) is 8.50. The molecular formula is C10H20. The molecule has 0 unspecified atom stereocenters. The van der Waals surface area contributed by atoms with E-state index in [4.69, 9.17) is 0 Å². The van der Waals surface area contributed by atoms with Gasteiger partial charge in [-0.3, -0.25) is 0 Å². The molecular weight excluding hydrogens is 120 g/mol. The topological polar surface area (TPSA) is 0 Å². The van der Waals surface area contributed by atoms with Crippen molar-refractivity contribution in [3.05, 3.63) is 12.2 Å². The lowest BCUT2D eigenvalue weighted by atomic mass is 9.81. The van der Waals surface area contributed by atoms with E-state index in [1.54, 1.807) is 0 Å². The summed E-state index contributed by atoms with van der Waals surface area (Å²) in [5.41, 5.74) is 0.592. The van der Waals surface area contributed by atoms with Crippen LogP contribution >= 0.6 is 0 Å². The zero-order valence-electron chi connectivity index (χ0n) is 7.78. The van der Waals surface area contributed by atoms with Crippen LogP contribution in [0.5, 0.6) is 0 Å². The van der Waals surface area contributed by atoms with E-state index in [0.29, 0.717) is 5.41 Å². The van der Waals surface area contributed by atoms with Gasteiger partial charge in [-0.1, -0.05) is 39.8 Å². The highest BCUT2D eigenvalue weighted by Crippen LogP contribution is 2.30. The van der Waals surface area contributed by atoms with Crippen LogP contribution in [0.4, 0.5) is 0 Å². The summed E-state index contributed by atoms with van der Waals surface area (Å²) in [7, 11) is 0.